The van der Waals surface area contributed by atoms with Crippen LogP contribution in [0.15, 0.2) is 79.0 Å². The van der Waals surface area contributed by atoms with Gasteiger partial charge in [-0.1, -0.05) is 36.4 Å². The van der Waals surface area contributed by atoms with Gasteiger partial charge in [0.1, 0.15) is 11.4 Å². The fraction of sp³-hybridized carbons (Fsp3) is 0.179. The number of amides is 3. The second kappa shape index (κ2) is 7.35. The highest BCUT2D eigenvalue weighted by atomic mass is 19.1. The Labute approximate surface area is 205 Å². The fourth-order valence-corrected chi connectivity index (χ4v) is 6.32. The maximum absolute atomic E-state index is 13.9. The Morgan fingerprint density at radius 1 is 0.889 bits per heavy atom. The summed E-state index contributed by atoms with van der Waals surface area (Å²) < 4.78 is 13.6. The smallest absolute Gasteiger partial charge is 0.250 e. The predicted octanol–water partition coefficient (Wildman–Crippen LogP) is 3.47. The number of carbonyl (C=O) groups excluding carboxylic acids is 3. The number of hydrogen-bond donors (Lipinski definition) is 3. The Kier molecular flexibility index (Phi) is 4.29. The van der Waals surface area contributed by atoms with Crippen LogP contribution in [0.2, 0.25) is 0 Å². The van der Waals surface area contributed by atoms with E-state index in [0.717, 1.165) is 21.4 Å². The number of anilines is 2. The lowest BCUT2D eigenvalue weighted by atomic mass is 9.76. The van der Waals surface area contributed by atoms with Gasteiger partial charge in [-0.2, -0.15) is 0 Å². The number of nitrogens with zero attached hydrogens (tertiary/aromatic N) is 1. The summed E-state index contributed by atoms with van der Waals surface area (Å²) in [6.45, 7) is 0. The van der Waals surface area contributed by atoms with E-state index in [0.29, 0.717) is 23.4 Å². The van der Waals surface area contributed by atoms with E-state index in [9.17, 15) is 18.8 Å². The minimum Gasteiger partial charge on any atom is -0.361 e. The average molecular weight is 480 g/mol. The summed E-state index contributed by atoms with van der Waals surface area (Å²) in [7, 11) is 0. The maximum Gasteiger partial charge on any atom is 0.250 e. The van der Waals surface area contributed by atoms with Crippen LogP contribution in [0, 0.1) is 17.7 Å². The zero-order valence-electron chi connectivity index (χ0n) is 19.0. The number of rotatable bonds is 3. The highest BCUT2D eigenvalue weighted by molar-refractivity contribution is 6.25. The summed E-state index contributed by atoms with van der Waals surface area (Å²) in [5.41, 5.74) is 2.18. The Hall–Kier alpha value is -4.30. The van der Waals surface area contributed by atoms with Crippen LogP contribution < -0.4 is 15.5 Å². The summed E-state index contributed by atoms with van der Waals surface area (Å²) in [4.78, 5) is 45.8. The van der Waals surface area contributed by atoms with Gasteiger partial charge in [-0.05, 0) is 48.4 Å². The van der Waals surface area contributed by atoms with Gasteiger partial charge in [0.15, 0.2) is 0 Å². The standard InChI is InChI=1S/C28H21FN4O3/c29-16-9-11-17(12-10-16)33-25(34)23-22(13-15-14-30-20-7-3-1-5-18(15)20)32-28(24(23)26(33)35)19-6-2-4-8-21(19)31-27(28)36/h1-12,14,22-24,30,32H,13H2,(H,31,36). The van der Waals surface area contributed by atoms with Crippen molar-refractivity contribution in [2.75, 3.05) is 10.2 Å². The van der Waals surface area contributed by atoms with Gasteiger partial charge >= 0.3 is 0 Å². The number of para-hydroxylation sites is 2. The summed E-state index contributed by atoms with van der Waals surface area (Å²) in [6.07, 6.45) is 2.35. The van der Waals surface area contributed by atoms with Gasteiger partial charge < -0.3 is 10.3 Å². The van der Waals surface area contributed by atoms with Gasteiger partial charge in [0.2, 0.25) is 17.7 Å². The molecule has 0 radical (unpaired) electrons. The Balaban J connectivity index is 1.37. The number of aromatic nitrogens is 1. The monoisotopic (exact) mass is 480 g/mol. The van der Waals surface area contributed by atoms with Crippen LogP contribution in [0.1, 0.15) is 11.1 Å². The maximum atomic E-state index is 13.9. The topological polar surface area (TPSA) is 94.3 Å². The Morgan fingerprint density at radius 2 is 1.64 bits per heavy atom. The number of aromatic amines is 1. The second-order valence-electron chi connectivity index (χ2n) is 9.61. The van der Waals surface area contributed by atoms with Crippen molar-refractivity contribution in [1.82, 2.24) is 10.3 Å². The van der Waals surface area contributed by atoms with Crippen molar-refractivity contribution in [2.24, 2.45) is 11.8 Å². The molecule has 0 bridgehead atoms. The molecule has 8 heteroatoms. The van der Waals surface area contributed by atoms with E-state index in [1.165, 1.54) is 24.3 Å². The highest BCUT2D eigenvalue weighted by Gasteiger charge is 2.70. The van der Waals surface area contributed by atoms with E-state index in [1.54, 1.807) is 6.07 Å². The van der Waals surface area contributed by atoms with Crippen molar-refractivity contribution in [3.05, 3.63) is 95.9 Å². The molecule has 1 spiro atoms. The lowest BCUT2D eigenvalue weighted by molar-refractivity contribution is -0.130. The first-order chi connectivity index (χ1) is 17.5. The SMILES string of the molecule is O=C1C2C(Cc3c[nH]c4ccccc34)NC3(C(=O)Nc4ccccc43)C2C(=O)N1c1ccc(F)cc1. The number of hydrogen-bond acceptors (Lipinski definition) is 4. The summed E-state index contributed by atoms with van der Waals surface area (Å²) in [5.74, 6) is -3.36. The van der Waals surface area contributed by atoms with Crippen LogP contribution in [0.3, 0.4) is 0 Å². The first-order valence-electron chi connectivity index (χ1n) is 11.9. The third-order valence-electron chi connectivity index (χ3n) is 7.82. The number of nitrogens with one attached hydrogen (secondary N) is 3. The third-order valence-corrected chi connectivity index (χ3v) is 7.82. The van der Waals surface area contributed by atoms with Crippen molar-refractivity contribution < 1.29 is 18.8 Å². The van der Waals surface area contributed by atoms with E-state index in [1.807, 2.05) is 48.7 Å². The lowest BCUT2D eigenvalue weighted by Gasteiger charge is -2.29. The Morgan fingerprint density at radius 3 is 2.47 bits per heavy atom. The number of H-pyrrole nitrogens is 1. The molecule has 178 valence electrons. The van der Waals surface area contributed by atoms with E-state index in [2.05, 4.69) is 15.6 Å². The van der Waals surface area contributed by atoms with Crippen molar-refractivity contribution >= 4 is 40.0 Å². The third kappa shape index (κ3) is 2.67. The molecular formula is C28H21FN4O3. The second-order valence-corrected chi connectivity index (χ2v) is 9.61. The number of benzene rings is 3. The molecule has 3 amide bonds. The van der Waals surface area contributed by atoms with Crippen LogP contribution in [-0.4, -0.2) is 28.7 Å². The quantitative estimate of drug-likeness (QED) is 0.392. The molecule has 3 aliphatic heterocycles. The first kappa shape index (κ1) is 21.0. The Bertz CT molecular complexity index is 1580. The molecule has 4 unspecified atom stereocenters. The van der Waals surface area contributed by atoms with Crippen molar-refractivity contribution in [3.8, 4) is 0 Å². The van der Waals surface area contributed by atoms with Gasteiger partial charge in [-0.3, -0.25) is 19.7 Å². The van der Waals surface area contributed by atoms with Crippen LogP contribution in [0.5, 0.6) is 0 Å². The zero-order chi connectivity index (χ0) is 24.6. The van der Waals surface area contributed by atoms with E-state index >= 15 is 0 Å². The largest absolute Gasteiger partial charge is 0.361 e. The molecule has 3 aliphatic rings. The fourth-order valence-electron chi connectivity index (χ4n) is 6.32. The molecule has 36 heavy (non-hydrogen) atoms. The molecule has 7 rings (SSSR count). The molecule has 0 aliphatic carbocycles. The van der Waals surface area contributed by atoms with Crippen LogP contribution >= 0.6 is 0 Å². The lowest BCUT2D eigenvalue weighted by Crippen LogP contribution is -2.53. The van der Waals surface area contributed by atoms with Crippen molar-refractivity contribution in [1.29, 1.82) is 0 Å². The predicted molar refractivity (Wildman–Crippen MR) is 132 cm³/mol. The minimum absolute atomic E-state index is 0.300. The molecule has 4 atom stereocenters. The van der Waals surface area contributed by atoms with E-state index in [-0.39, 0.29) is 11.8 Å². The van der Waals surface area contributed by atoms with E-state index < -0.39 is 35.1 Å². The molecule has 2 saturated heterocycles. The van der Waals surface area contributed by atoms with Gasteiger partial charge in [0.05, 0.1) is 17.5 Å². The molecule has 3 aromatic carbocycles. The number of fused-ring (bicyclic) bond motifs is 5. The molecule has 1 aromatic heterocycles. The number of carbonyl (C=O) groups is 3. The van der Waals surface area contributed by atoms with Crippen LogP contribution in [0.25, 0.3) is 10.9 Å². The van der Waals surface area contributed by atoms with E-state index in [4.69, 9.17) is 0 Å². The van der Waals surface area contributed by atoms with Gasteiger partial charge in [-0.25, -0.2) is 9.29 Å². The zero-order valence-corrected chi connectivity index (χ0v) is 19.0. The van der Waals surface area contributed by atoms with Gasteiger partial charge in [-0.15, -0.1) is 0 Å². The van der Waals surface area contributed by atoms with Crippen molar-refractivity contribution in [3.63, 3.8) is 0 Å². The van der Waals surface area contributed by atoms with Crippen LogP contribution in [0.4, 0.5) is 15.8 Å². The highest BCUT2D eigenvalue weighted by Crippen LogP contribution is 2.54. The summed E-state index contributed by atoms with van der Waals surface area (Å²) >= 11 is 0. The molecule has 4 aromatic rings. The molecule has 0 saturated carbocycles. The number of halogens is 1. The normalized spacial score (nSPS) is 26.6. The summed E-state index contributed by atoms with van der Waals surface area (Å²) in [6, 6.07) is 19.9. The average Bonchev–Trinajstić information content (AvgIpc) is 3.59. The van der Waals surface area contributed by atoms with Gasteiger partial charge in [0, 0.05) is 34.4 Å². The molecular weight excluding hydrogens is 459 g/mol. The number of imide groups is 1. The molecule has 3 N–H and O–H groups in total. The minimum atomic E-state index is -1.38. The van der Waals surface area contributed by atoms with Crippen LogP contribution in [-0.2, 0) is 26.3 Å². The molecule has 4 heterocycles. The van der Waals surface area contributed by atoms with Gasteiger partial charge in [0.25, 0.3) is 0 Å². The van der Waals surface area contributed by atoms with Crippen molar-refractivity contribution in [2.45, 2.75) is 18.0 Å². The first-order valence-corrected chi connectivity index (χ1v) is 11.9. The molecule has 2 fully saturated rings. The summed E-state index contributed by atoms with van der Waals surface area (Å²) in [5, 5.41) is 7.40. The molecule has 7 nitrogen and oxygen atoms in total.